The predicted molar refractivity (Wildman–Crippen MR) is 49.2 cm³/mol. The molecule has 0 aromatic rings. The SMILES string of the molecule is C=C(O[C@@H]1C=C(C(=O)[O-])C=C[C@H]1N)C(=O)[O-]. The van der Waals surface area contributed by atoms with Crippen molar-refractivity contribution in [2.75, 3.05) is 0 Å². The van der Waals surface area contributed by atoms with E-state index in [0.29, 0.717) is 0 Å². The molecule has 0 amide bonds. The summed E-state index contributed by atoms with van der Waals surface area (Å²) in [7, 11) is 0. The monoisotopic (exact) mass is 223 g/mol. The number of ether oxygens (including phenoxy) is 1. The van der Waals surface area contributed by atoms with E-state index in [4.69, 9.17) is 10.5 Å². The fourth-order valence-corrected chi connectivity index (χ4v) is 1.13. The van der Waals surface area contributed by atoms with Crippen LogP contribution < -0.4 is 15.9 Å². The van der Waals surface area contributed by atoms with Gasteiger partial charge in [0.2, 0.25) is 0 Å². The first-order chi connectivity index (χ1) is 7.41. The van der Waals surface area contributed by atoms with Crippen LogP contribution in [0.25, 0.3) is 0 Å². The van der Waals surface area contributed by atoms with Gasteiger partial charge in [-0.25, -0.2) is 0 Å². The Bertz CT molecular complexity index is 396. The first-order valence-corrected chi connectivity index (χ1v) is 4.35. The van der Waals surface area contributed by atoms with Crippen molar-refractivity contribution in [3.8, 4) is 0 Å². The maximum Gasteiger partial charge on any atom is 0.136 e. The second-order valence-corrected chi connectivity index (χ2v) is 3.14. The minimum atomic E-state index is -1.58. The number of hydrogen-bond acceptors (Lipinski definition) is 6. The zero-order valence-corrected chi connectivity index (χ0v) is 8.21. The van der Waals surface area contributed by atoms with Crippen LogP contribution in [0.3, 0.4) is 0 Å². The van der Waals surface area contributed by atoms with Crippen LogP contribution in [0.2, 0.25) is 0 Å². The van der Waals surface area contributed by atoms with E-state index >= 15 is 0 Å². The van der Waals surface area contributed by atoms with E-state index in [2.05, 4.69) is 6.58 Å². The van der Waals surface area contributed by atoms with Crippen molar-refractivity contribution in [1.29, 1.82) is 0 Å². The number of hydrogen-bond donors (Lipinski definition) is 1. The second kappa shape index (κ2) is 4.63. The molecular weight excluding hydrogens is 214 g/mol. The van der Waals surface area contributed by atoms with Gasteiger partial charge in [-0.3, -0.25) is 0 Å². The molecule has 2 atom stereocenters. The van der Waals surface area contributed by atoms with Crippen LogP contribution in [0.5, 0.6) is 0 Å². The van der Waals surface area contributed by atoms with Gasteiger partial charge in [-0.1, -0.05) is 18.7 Å². The topological polar surface area (TPSA) is 116 Å². The summed E-state index contributed by atoms with van der Waals surface area (Å²) in [6.45, 7) is 3.10. The summed E-state index contributed by atoms with van der Waals surface area (Å²) in [5.41, 5.74) is 5.44. The molecule has 0 saturated carbocycles. The molecule has 2 N–H and O–H groups in total. The van der Waals surface area contributed by atoms with E-state index in [1.54, 1.807) is 0 Å². The van der Waals surface area contributed by atoms with Crippen LogP contribution in [0.1, 0.15) is 0 Å². The highest BCUT2D eigenvalue weighted by molar-refractivity contribution is 5.88. The lowest BCUT2D eigenvalue weighted by Crippen LogP contribution is -2.39. The number of carboxylic acids is 2. The third kappa shape index (κ3) is 2.71. The maximum atomic E-state index is 10.5. The van der Waals surface area contributed by atoms with Gasteiger partial charge in [-0.2, -0.15) is 0 Å². The van der Waals surface area contributed by atoms with Crippen molar-refractivity contribution < 1.29 is 24.5 Å². The quantitative estimate of drug-likeness (QED) is 0.407. The van der Waals surface area contributed by atoms with Crippen LogP contribution in [0, 0.1) is 0 Å². The Kier molecular flexibility index (Phi) is 3.47. The van der Waals surface area contributed by atoms with Crippen LogP contribution in [-0.2, 0) is 14.3 Å². The highest BCUT2D eigenvalue weighted by Gasteiger charge is 2.20. The largest absolute Gasteiger partial charge is 0.545 e. The first-order valence-electron chi connectivity index (χ1n) is 4.35. The Morgan fingerprint density at radius 1 is 1.44 bits per heavy atom. The number of nitrogens with two attached hydrogens (primary N) is 1. The van der Waals surface area contributed by atoms with Gasteiger partial charge in [-0.05, 0) is 11.6 Å². The molecule has 6 heteroatoms. The van der Waals surface area contributed by atoms with Crippen LogP contribution in [0.15, 0.2) is 36.1 Å². The Labute approximate surface area is 91.3 Å². The lowest BCUT2D eigenvalue weighted by atomic mass is 10.0. The molecule has 0 saturated heterocycles. The lowest BCUT2D eigenvalue weighted by molar-refractivity contribution is -0.303. The van der Waals surface area contributed by atoms with Gasteiger partial charge in [0.15, 0.2) is 0 Å². The smallest absolute Gasteiger partial charge is 0.136 e. The molecule has 16 heavy (non-hydrogen) atoms. The van der Waals surface area contributed by atoms with E-state index in [9.17, 15) is 19.8 Å². The van der Waals surface area contributed by atoms with Crippen LogP contribution in [-0.4, -0.2) is 24.1 Å². The van der Waals surface area contributed by atoms with Crippen LogP contribution in [0.4, 0.5) is 0 Å². The first kappa shape index (κ1) is 12.0. The number of carbonyl (C=O) groups excluding carboxylic acids is 2. The molecule has 0 spiro atoms. The normalized spacial score (nSPS) is 23.4. The molecule has 1 aliphatic rings. The molecule has 1 aliphatic carbocycles. The van der Waals surface area contributed by atoms with Crippen molar-refractivity contribution in [2.45, 2.75) is 12.1 Å². The fraction of sp³-hybridized carbons (Fsp3) is 0.200. The number of carbonyl (C=O) groups is 2. The molecule has 0 aromatic carbocycles. The number of aliphatic carboxylic acids is 2. The van der Waals surface area contributed by atoms with E-state index in [1.807, 2.05) is 0 Å². The van der Waals surface area contributed by atoms with Crippen molar-refractivity contribution >= 4 is 11.9 Å². The fourth-order valence-electron chi connectivity index (χ4n) is 1.13. The van der Waals surface area contributed by atoms with Gasteiger partial charge < -0.3 is 30.3 Å². The minimum Gasteiger partial charge on any atom is -0.545 e. The Hall–Kier alpha value is -2.08. The number of carboxylic acid groups (broad SMARTS) is 2. The third-order valence-corrected chi connectivity index (χ3v) is 1.96. The van der Waals surface area contributed by atoms with Gasteiger partial charge in [0.05, 0.1) is 12.0 Å². The Balaban J connectivity index is 2.80. The molecular formula is C10H9NO5-2. The van der Waals surface area contributed by atoms with E-state index in [0.717, 1.165) is 6.08 Å². The van der Waals surface area contributed by atoms with Crippen molar-refractivity contribution in [2.24, 2.45) is 5.73 Å². The molecule has 0 radical (unpaired) electrons. The molecule has 6 nitrogen and oxygen atoms in total. The summed E-state index contributed by atoms with van der Waals surface area (Å²) in [5, 5.41) is 20.9. The highest BCUT2D eigenvalue weighted by Crippen LogP contribution is 2.14. The summed E-state index contributed by atoms with van der Waals surface area (Å²) >= 11 is 0. The lowest BCUT2D eigenvalue weighted by Gasteiger charge is -2.25. The van der Waals surface area contributed by atoms with Gasteiger partial charge in [0.1, 0.15) is 17.8 Å². The second-order valence-electron chi connectivity index (χ2n) is 3.14. The molecule has 0 fully saturated rings. The summed E-state index contributed by atoms with van der Waals surface area (Å²) in [6.07, 6.45) is 2.89. The van der Waals surface area contributed by atoms with Gasteiger partial charge >= 0.3 is 0 Å². The summed E-state index contributed by atoms with van der Waals surface area (Å²) in [6, 6.07) is -0.654. The third-order valence-electron chi connectivity index (χ3n) is 1.96. The average Bonchev–Trinajstić information content (AvgIpc) is 2.20. The summed E-state index contributed by atoms with van der Waals surface area (Å²) in [5.74, 6) is -3.58. The van der Waals surface area contributed by atoms with Gasteiger partial charge in [0.25, 0.3) is 0 Å². The zero-order valence-electron chi connectivity index (χ0n) is 8.21. The molecule has 0 aliphatic heterocycles. The predicted octanol–water partition coefficient (Wildman–Crippen LogP) is -2.79. The standard InChI is InChI=1S/C10H11NO5/c1-5(9(12)13)16-8-4-6(10(14)15)2-3-7(8)11/h2-4,7-8H,1,11H2,(H,12,13)(H,14,15)/p-2/t7-,8-/m1/s1. The molecule has 0 unspecified atom stereocenters. The molecule has 1 rings (SSSR count). The molecule has 0 heterocycles. The van der Waals surface area contributed by atoms with Crippen LogP contribution >= 0.6 is 0 Å². The molecule has 0 bridgehead atoms. The maximum absolute atomic E-state index is 10.5. The number of rotatable bonds is 4. The van der Waals surface area contributed by atoms with E-state index in [1.165, 1.54) is 12.2 Å². The molecule has 0 aromatic heterocycles. The van der Waals surface area contributed by atoms with Crippen molar-refractivity contribution in [3.63, 3.8) is 0 Å². The summed E-state index contributed by atoms with van der Waals surface area (Å²) < 4.78 is 4.85. The highest BCUT2D eigenvalue weighted by atomic mass is 16.5. The Morgan fingerprint density at radius 3 is 2.56 bits per heavy atom. The van der Waals surface area contributed by atoms with E-state index in [-0.39, 0.29) is 5.57 Å². The van der Waals surface area contributed by atoms with Crippen molar-refractivity contribution in [1.82, 2.24) is 0 Å². The minimum absolute atomic E-state index is 0.127. The average molecular weight is 223 g/mol. The van der Waals surface area contributed by atoms with Gasteiger partial charge in [0, 0.05) is 0 Å². The van der Waals surface area contributed by atoms with E-state index < -0.39 is 29.8 Å². The zero-order chi connectivity index (χ0) is 12.3. The van der Waals surface area contributed by atoms with Crippen molar-refractivity contribution in [3.05, 3.63) is 36.1 Å². The van der Waals surface area contributed by atoms with Gasteiger partial charge in [-0.15, -0.1) is 0 Å². The molecule has 86 valence electrons. The summed E-state index contributed by atoms with van der Waals surface area (Å²) in [4.78, 5) is 20.9. The Morgan fingerprint density at radius 2 is 2.06 bits per heavy atom.